The molecular formula is C18H21ClN2O3. The summed E-state index contributed by atoms with van der Waals surface area (Å²) in [6, 6.07) is 11.1. The van der Waals surface area contributed by atoms with Crippen molar-refractivity contribution in [3.8, 4) is 5.75 Å². The lowest BCUT2D eigenvalue weighted by Gasteiger charge is -2.20. The van der Waals surface area contributed by atoms with Crippen molar-refractivity contribution in [2.75, 3.05) is 26.2 Å². The van der Waals surface area contributed by atoms with E-state index in [2.05, 4.69) is 5.32 Å². The van der Waals surface area contributed by atoms with Gasteiger partial charge in [0.2, 0.25) is 5.91 Å². The standard InChI is InChI=1S/C18H21ClN2O3/c1-3-20-17(22)11-21(4-2)18(23)12-24-16-10-9-15(19)13-7-5-6-8-14(13)16/h5-10H,3-4,11-12H2,1-2H3,(H,20,22). The highest BCUT2D eigenvalue weighted by molar-refractivity contribution is 6.35. The van der Waals surface area contributed by atoms with E-state index in [1.54, 1.807) is 12.1 Å². The molecule has 2 rings (SSSR count). The van der Waals surface area contributed by atoms with E-state index < -0.39 is 0 Å². The molecule has 0 unspecified atom stereocenters. The minimum absolute atomic E-state index is 0.0356. The third kappa shape index (κ3) is 4.38. The highest BCUT2D eigenvalue weighted by Gasteiger charge is 2.16. The van der Waals surface area contributed by atoms with E-state index in [-0.39, 0.29) is 25.0 Å². The molecule has 0 aliphatic heterocycles. The van der Waals surface area contributed by atoms with Crippen molar-refractivity contribution in [2.45, 2.75) is 13.8 Å². The highest BCUT2D eigenvalue weighted by atomic mass is 35.5. The minimum Gasteiger partial charge on any atom is -0.483 e. The Balaban J connectivity index is 2.06. The molecule has 0 aliphatic rings. The Morgan fingerprint density at radius 2 is 1.83 bits per heavy atom. The predicted octanol–water partition coefficient (Wildman–Crippen LogP) is 2.86. The van der Waals surface area contributed by atoms with Gasteiger partial charge in [0, 0.05) is 28.9 Å². The Morgan fingerprint density at radius 3 is 2.50 bits per heavy atom. The molecule has 0 atom stereocenters. The molecule has 0 spiro atoms. The predicted molar refractivity (Wildman–Crippen MR) is 95.4 cm³/mol. The van der Waals surface area contributed by atoms with Crippen LogP contribution in [0.15, 0.2) is 36.4 Å². The van der Waals surface area contributed by atoms with Crippen molar-refractivity contribution >= 4 is 34.2 Å². The quantitative estimate of drug-likeness (QED) is 0.837. The summed E-state index contributed by atoms with van der Waals surface area (Å²) in [5.74, 6) is 0.185. The van der Waals surface area contributed by atoms with Gasteiger partial charge in [0.15, 0.2) is 6.61 Å². The van der Waals surface area contributed by atoms with Crippen LogP contribution >= 0.6 is 11.6 Å². The van der Waals surface area contributed by atoms with E-state index in [4.69, 9.17) is 16.3 Å². The molecule has 24 heavy (non-hydrogen) atoms. The summed E-state index contributed by atoms with van der Waals surface area (Å²) >= 11 is 6.18. The van der Waals surface area contributed by atoms with E-state index in [0.717, 1.165) is 10.8 Å². The first-order valence-corrected chi connectivity index (χ1v) is 8.29. The number of ether oxygens (including phenoxy) is 1. The second-order valence-corrected chi connectivity index (χ2v) is 5.65. The summed E-state index contributed by atoms with van der Waals surface area (Å²) in [6.45, 7) is 4.56. The fourth-order valence-electron chi connectivity index (χ4n) is 2.39. The fraction of sp³-hybridized carbons (Fsp3) is 0.333. The molecule has 2 amide bonds. The van der Waals surface area contributed by atoms with Crippen LogP contribution in [0.5, 0.6) is 5.75 Å². The average molecular weight is 349 g/mol. The molecule has 0 aliphatic carbocycles. The molecular weight excluding hydrogens is 328 g/mol. The number of nitrogens with one attached hydrogen (secondary N) is 1. The number of carbonyl (C=O) groups excluding carboxylic acids is 2. The molecule has 1 N–H and O–H groups in total. The second kappa shape index (κ2) is 8.55. The number of amides is 2. The summed E-state index contributed by atoms with van der Waals surface area (Å²) in [5.41, 5.74) is 0. The molecule has 128 valence electrons. The smallest absolute Gasteiger partial charge is 0.260 e. The molecule has 0 aromatic heterocycles. The molecule has 0 fully saturated rings. The first-order chi connectivity index (χ1) is 11.6. The third-order valence-corrected chi connectivity index (χ3v) is 3.95. The zero-order valence-corrected chi connectivity index (χ0v) is 14.6. The maximum atomic E-state index is 12.3. The topological polar surface area (TPSA) is 58.6 Å². The van der Waals surface area contributed by atoms with Crippen LogP contribution in [0.25, 0.3) is 10.8 Å². The van der Waals surface area contributed by atoms with Crippen LogP contribution in [-0.2, 0) is 9.59 Å². The van der Waals surface area contributed by atoms with Crippen molar-refractivity contribution < 1.29 is 14.3 Å². The number of hydrogen-bond donors (Lipinski definition) is 1. The Morgan fingerprint density at radius 1 is 1.12 bits per heavy atom. The molecule has 0 bridgehead atoms. The SMILES string of the molecule is CCNC(=O)CN(CC)C(=O)COc1ccc(Cl)c2ccccc12. The molecule has 5 nitrogen and oxygen atoms in total. The summed E-state index contributed by atoms with van der Waals surface area (Å²) in [5, 5.41) is 5.04. The van der Waals surface area contributed by atoms with Gasteiger partial charge < -0.3 is 15.0 Å². The number of benzene rings is 2. The van der Waals surface area contributed by atoms with E-state index in [1.807, 2.05) is 38.1 Å². The third-order valence-electron chi connectivity index (χ3n) is 3.62. The van der Waals surface area contributed by atoms with Crippen molar-refractivity contribution in [1.29, 1.82) is 0 Å². The highest BCUT2D eigenvalue weighted by Crippen LogP contribution is 2.31. The summed E-state index contributed by atoms with van der Waals surface area (Å²) in [6.07, 6.45) is 0. The first kappa shape index (κ1) is 18.1. The number of likely N-dealkylation sites (N-methyl/N-ethyl adjacent to an activating group) is 2. The Labute approximate surface area is 146 Å². The second-order valence-electron chi connectivity index (χ2n) is 5.24. The van der Waals surface area contributed by atoms with Gasteiger partial charge >= 0.3 is 0 Å². The van der Waals surface area contributed by atoms with Crippen molar-refractivity contribution in [1.82, 2.24) is 10.2 Å². The van der Waals surface area contributed by atoms with Gasteiger partial charge in [-0.15, -0.1) is 0 Å². The average Bonchev–Trinajstić information content (AvgIpc) is 2.59. The lowest BCUT2D eigenvalue weighted by molar-refractivity contribution is -0.137. The van der Waals surface area contributed by atoms with Crippen LogP contribution in [0.1, 0.15) is 13.8 Å². The van der Waals surface area contributed by atoms with E-state index in [1.165, 1.54) is 4.90 Å². The van der Waals surface area contributed by atoms with Crippen molar-refractivity contribution in [3.05, 3.63) is 41.4 Å². The van der Waals surface area contributed by atoms with Gasteiger partial charge in [-0.3, -0.25) is 9.59 Å². The minimum atomic E-state index is -0.234. The monoisotopic (exact) mass is 348 g/mol. The van der Waals surface area contributed by atoms with Crippen LogP contribution in [0, 0.1) is 0 Å². The van der Waals surface area contributed by atoms with Crippen LogP contribution in [-0.4, -0.2) is 43.0 Å². The summed E-state index contributed by atoms with van der Waals surface area (Å²) in [7, 11) is 0. The van der Waals surface area contributed by atoms with Crippen LogP contribution in [0.3, 0.4) is 0 Å². The van der Waals surface area contributed by atoms with Crippen molar-refractivity contribution in [2.24, 2.45) is 0 Å². The molecule has 0 radical (unpaired) electrons. The van der Waals surface area contributed by atoms with E-state index >= 15 is 0 Å². The maximum absolute atomic E-state index is 12.3. The zero-order valence-electron chi connectivity index (χ0n) is 13.8. The normalized spacial score (nSPS) is 10.5. The number of carbonyl (C=O) groups is 2. The van der Waals surface area contributed by atoms with Crippen molar-refractivity contribution in [3.63, 3.8) is 0 Å². The van der Waals surface area contributed by atoms with E-state index in [0.29, 0.717) is 23.9 Å². The van der Waals surface area contributed by atoms with Crippen LogP contribution in [0.2, 0.25) is 5.02 Å². The van der Waals surface area contributed by atoms with Gasteiger partial charge in [-0.05, 0) is 26.0 Å². The molecule has 0 saturated heterocycles. The molecule has 0 saturated carbocycles. The van der Waals surface area contributed by atoms with Crippen LogP contribution in [0.4, 0.5) is 0 Å². The molecule has 2 aromatic rings. The Hall–Kier alpha value is -2.27. The molecule has 0 heterocycles. The number of fused-ring (bicyclic) bond motifs is 1. The Bertz CT molecular complexity index is 733. The van der Waals surface area contributed by atoms with Gasteiger partial charge in [0.25, 0.3) is 5.91 Å². The maximum Gasteiger partial charge on any atom is 0.260 e. The lowest BCUT2D eigenvalue weighted by atomic mass is 10.1. The number of rotatable bonds is 7. The van der Waals surface area contributed by atoms with Crippen LogP contribution < -0.4 is 10.1 Å². The zero-order chi connectivity index (χ0) is 17.5. The van der Waals surface area contributed by atoms with E-state index in [9.17, 15) is 9.59 Å². The van der Waals surface area contributed by atoms with Gasteiger partial charge in [0.1, 0.15) is 5.75 Å². The van der Waals surface area contributed by atoms with Gasteiger partial charge in [-0.25, -0.2) is 0 Å². The van der Waals surface area contributed by atoms with Gasteiger partial charge in [0.05, 0.1) is 6.54 Å². The summed E-state index contributed by atoms with van der Waals surface area (Å²) < 4.78 is 5.68. The number of hydrogen-bond acceptors (Lipinski definition) is 3. The van der Waals surface area contributed by atoms with Gasteiger partial charge in [-0.1, -0.05) is 35.9 Å². The number of nitrogens with zero attached hydrogens (tertiary/aromatic N) is 1. The number of halogens is 1. The fourth-order valence-corrected chi connectivity index (χ4v) is 2.62. The molecule has 2 aromatic carbocycles. The lowest BCUT2D eigenvalue weighted by Crippen LogP contribution is -2.42. The Kier molecular flexibility index (Phi) is 6.44. The summed E-state index contributed by atoms with van der Waals surface area (Å²) in [4.78, 5) is 25.4. The molecule has 6 heteroatoms. The first-order valence-electron chi connectivity index (χ1n) is 7.91. The largest absolute Gasteiger partial charge is 0.483 e. The van der Waals surface area contributed by atoms with Gasteiger partial charge in [-0.2, -0.15) is 0 Å².